The maximum absolute atomic E-state index is 12.3. The fraction of sp³-hybridized carbons (Fsp3) is 0.381. The number of aromatic nitrogens is 1. The van der Waals surface area contributed by atoms with Crippen molar-refractivity contribution < 1.29 is 14.3 Å². The summed E-state index contributed by atoms with van der Waals surface area (Å²) >= 11 is 0. The molecule has 7 nitrogen and oxygen atoms in total. The third kappa shape index (κ3) is 4.24. The number of nitrogens with one attached hydrogen (secondary N) is 1. The van der Waals surface area contributed by atoms with Crippen LogP contribution in [0.15, 0.2) is 35.4 Å². The van der Waals surface area contributed by atoms with Gasteiger partial charge in [-0.1, -0.05) is 26.0 Å². The molecule has 3 rings (SSSR count). The van der Waals surface area contributed by atoms with Crippen LogP contribution in [0.3, 0.4) is 0 Å². The summed E-state index contributed by atoms with van der Waals surface area (Å²) < 4.78 is 7.63. The van der Waals surface area contributed by atoms with Crippen molar-refractivity contribution in [2.24, 2.45) is 11.0 Å². The van der Waals surface area contributed by atoms with Crippen molar-refractivity contribution in [1.82, 2.24) is 9.99 Å². The van der Waals surface area contributed by atoms with E-state index in [1.807, 2.05) is 13.0 Å². The lowest BCUT2D eigenvalue weighted by molar-refractivity contribution is -0.125. The number of para-hydroxylation sites is 2. The number of hydrogen-bond acceptors (Lipinski definition) is 4. The average Bonchev–Trinajstić information content (AvgIpc) is 2.91. The van der Waals surface area contributed by atoms with E-state index in [4.69, 9.17) is 4.74 Å². The zero-order chi connectivity index (χ0) is 20.3. The third-order valence-corrected chi connectivity index (χ3v) is 4.66. The molecule has 2 amide bonds. The molecule has 28 heavy (non-hydrogen) atoms. The first-order chi connectivity index (χ1) is 13.4. The summed E-state index contributed by atoms with van der Waals surface area (Å²) in [4.78, 5) is 25.8. The first-order valence-electron chi connectivity index (χ1n) is 9.37. The Balaban J connectivity index is 1.64. The monoisotopic (exact) mass is 382 g/mol. The number of rotatable bonds is 6. The highest BCUT2D eigenvalue weighted by atomic mass is 16.5. The van der Waals surface area contributed by atoms with Gasteiger partial charge in [-0.05, 0) is 38.0 Å². The van der Waals surface area contributed by atoms with Crippen LogP contribution < -0.4 is 15.1 Å². The van der Waals surface area contributed by atoms with Crippen LogP contribution in [0, 0.1) is 19.8 Å². The van der Waals surface area contributed by atoms with Crippen molar-refractivity contribution in [3.63, 3.8) is 0 Å². The summed E-state index contributed by atoms with van der Waals surface area (Å²) in [5.74, 6) is 0.520. The Morgan fingerprint density at radius 2 is 2.07 bits per heavy atom. The van der Waals surface area contributed by atoms with Crippen LogP contribution in [0.2, 0.25) is 0 Å². The molecule has 1 aliphatic heterocycles. The van der Waals surface area contributed by atoms with Gasteiger partial charge in [0.1, 0.15) is 12.3 Å². The van der Waals surface area contributed by atoms with Crippen LogP contribution in [-0.2, 0) is 16.1 Å². The number of fused-ring (bicyclic) bond motifs is 1. The van der Waals surface area contributed by atoms with Crippen LogP contribution in [0.1, 0.15) is 30.8 Å². The van der Waals surface area contributed by atoms with E-state index in [-0.39, 0.29) is 25.0 Å². The lowest BCUT2D eigenvalue weighted by atomic mass is 10.2. The number of carbonyl (C=O) groups is 2. The fourth-order valence-electron chi connectivity index (χ4n) is 3.28. The van der Waals surface area contributed by atoms with E-state index in [2.05, 4.69) is 41.9 Å². The van der Waals surface area contributed by atoms with Gasteiger partial charge in [0, 0.05) is 23.5 Å². The summed E-state index contributed by atoms with van der Waals surface area (Å²) in [7, 11) is 0. The molecule has 1 aromatic heterocycles. The van der Waals surface area contributed by atoms with Gasteiger partial charge in [-0.25, -0.2) is 5.43 Å². The molecule has 148 valence electrons. The van der Waals surface area contributed by atoms with Gasteiger partial charge in [0.15, 0.2) is 6.61 Å². The van der Waals surface area contributed by atoms with Crippen molar-refractivity contribution in [1.29, 1.82) is 0 Å². The SMILES string of the molecule is Cc1cc(/C=N\NC(=O)CN2C(=O)COc3ccccc32)c(C)n1CC(C)C. The molecule has 0 bridgehead atoms. The van der Waals surface area contributed by atoms with E-state index in [1.165, 1.54) is 4.90 Å². The fourth-order valence-corrected chi connectivity index (χ4v) is 3.28. The number of hydrogen-bond donors (Lipinski definition) is 1. The molecule has 0 fully saturated rings. The van der Waals surface area contributed by atoms with Crippen LogP contribution in [-0.4, -0.2) is 35.7 Å². The topological polar surface area (TPSA) is 75.9 Å². The van der Waals surface area contributed by atoms with Crippen LogP contribution in [0.5, 0.6) is 5.75 Å². The van der Waals surface area contributed by atoms with Gasteiger partial charge >= 0.3 is 0 Å². The second kappa shape index (κ2) is 8.29. The molecule has 7 heteroatoms. The summed E-state index contributed by atoms with van der Waals surface area (Å²) in [5.41, 5.74) is 6.34. The summed E-state index contributed by atoms with van der Waals surface area (Å²) in [6.07, 6.45) is 1.64. The normalized spacial score (nSPS) is 13.8. The summed E-state index contributed by atoms with van der Waals surface area (Å²) in [6.45, 7) is 9.22. The second-order valence-corrected chi connectivity index (χ2v) is 7.36. The molecule has 0 aliphatic carbocycles. The van der Waals surface area contributed by atoms with Gasteiger partial charge in [-0.2, -0.15) is 5.10 Å². The van der Waals surface area contributed by atoms with Crippen molar-refractivity contribution >= 4 is 23.7 Å². The molecule has 0 radical (unpaired) electrons. The number of benzene rings is 1. The maximum Gasteiger partial charge on any atom is 0.265 e. The van der Waals surface area contributed by atoms with Gasteiger partial charge in [-0.15, -0.1) is 0 Å². The first-order valence-corrected chi connectivity index (χ1v) is 9.37. The standard InChI is InChI=1S/C21H26N4O3/c1-14(2)11-24-15(3)9-17(16(24)4)10-22-23-20(26)12-25-18-7-5-6-8-19(18)28-13-21(25)27/h5-10,14H,11-13H2,1-4H3,(H,23,26)/b22-10-. The quantitative estimate of drug-likeness (QED) is 0.616. The molecule has 0 atom stereocenters. The Kier molecular flexibility index (Phi) is 5.82. The Bertz CT molecular complexity index is 914. The van der Waals surface area contributed by atoms with E-state index in [0.717, 1.165) is 23.5 Å². The minimum atomic E-state index is -0.364. The van der Waals surface area contributed by atoms with Gasteiger partial charge in [0.05, 0.1) is 11.9 Å². The molecular weight excluding hydrogens is 356 g/mol. The Labute approximate surface area is 165 Å². The number of carbonyl (C=O) groups excluding carboxylic acids is 2. The Morgan fingerprint density at radius 1 is 1.32 bits per heavy atom. The number of nitrogens with zero attached hydrogens (tertiary/aromatic N) is 3. The third-order valence-electron chi connectivity index (χ3n) is 4.66. The van der Waals surface area contributed by atoms with Crippen LogP contribution >= 0.6 is 0 Å². The zero-order valence-electron chi connectivity index (χ0n) is 16.7. The molecule has 0 saturated heterocycles. The highest BCUT2D eigenvalue weighted by molar-refractivity contribution is 6.02. The smallest absolute Gasteiger partial charge is 0.265 e. The van der Waals surface area contributed by atoms with Gasteiger partial charge < -0.3 is 9.30 Å². The average molecular weight is 382 g/mol. The Morgan fingerprint density at radius 3 is 2.82 bits per heavy atom. The van der Waals surface area contributed by atoms with E-state index in [1.54, 1.807) is 24.4 Å². The largest absolute Gasteiger partial charge is 0.482 e. The van der Waals surface area contributed by atoms with Crippen molar-refractivity contribution in [2.45, 2.75) is 34.2 Å². The molecular formula is C21H26N4O3. The maximum atomic E-state index is 12.3. The van der Waals surface area contributed by atoms with Crippen LogP contribution in [0.4, 0.5) is 5.69 Å². The summed E-state index contributed by atoms with van der Waals surface area (Å²) in [6, 6.07) is 9.21. The first kappa shape index (κ1) is 19.7. The molecule has 1 aromatic carbocycles. The van der Waals surface area contributed by atoms with E-state index >= 15 is 0 Å². The number of anilines is 1. The number of amides is 2. The van der Waals surface area contributed by atoms with Gasteiger partial charge in [0.25, 0.3) is 11.8 Å². The molecule has 2 heterocycles. The highest BCUT2D eigenvalue weighted by Crippen LogP contribution is 2.31. The van der Waals surface area contributed by atoms with E-state index < -0.39 is 0 Å². The molecule has 2 aromatic rings. The lowest BCUT2D eigenvalue weighted by Crippen LogP contribution is -2.44. The van der Waals surface area contributed by atoms with Crippen LogP contribution in [0.25, 0.3) is 0 Å². The number of aryl methyl sites for hydroxylation is 1. The van der Waals surface area contributed by atoms with E-state index in [0.29, 0.717) is 17.4 Å². The lowest BCUT2D eigenvalue weighted by Gasteiger charge is -2.28. The minimum Gasteiger partial charge on any atom is -0.482 e. The molecule has 0 saturated carbocycles. The summed E-state index contributed by atoms with van der Waals surface area (Å²) in [5, 5.41) is 4.08. The second-order valence-electron chi connectivity index (χ2n) is 7.36. The zero-order valence-corrected chi connectivity index (χ0v) is 16.7. The Hall–Kier alpha value is -3.09. The molecule has 0 spiro atoms. The van der Waals surface area contributed by atoms with Crippen molar-refractivity contribution in [3.8, 4) is 5.75 Å². The van der Waals surface area contributed by atoms with Crippen molar-refractivity contribution in [2.75, 3.05) is 18.1 Å². The minimum absolute atomic E-state index is 0.0740. The van der Waals surface area contributed by atoms with Gasteiger partial charge in [-0.3, -0.25) is 14.5 Å². The predicted octanol–water partition coefficient (Wildman–Crippen LogP) is 2.64. The predicted molar refractivity (Wildman–Crippen MR) is 109 cm³/mol. The molecule has 0 unspecified atom stereocenters. The number of ether oxygens (including phenoxy) is 1. The number of hydrazone groups is 1. The highest BCUT2D eigenvalue weighted by Gasteiger charge is 2.26. The van der Waals surface area contributed by atoms with Crippen molar-refractivity contribution in [3.05, 3.63) is 47.3 Å². The molecule has 1 N–H and O–H groups in total. The van der Waals surface area contributed by atoms with E-state index in [9.17, 15) is 9.59 Å². The molecule has 1 aliphatic rings. The van der Waals surface area contributed by atoms with Gasteiger partial charge in [0.2, 0.25) is 0 Å².